The lowest BCUT2D eigenvalue weighted by atomic mass is 9.99. The van der Waals surface area contributed by atoms with Crippen molar-refractivity contribution in [2.24, 2.45) is 0 Å². The molecule has 1 atom stereocenters. The number of rotatable bonds is 2. The van der Waals surface area contributed by atoms with Crippen molar-refractivity contribution in [1.29, 1.82) is 0 Å². The highest BCUT2D eigenvalue weighted by atomic mass is 16.5. The maximum Gasteiger partial charge on any atom is 0.237 e. The average molecular weight is 271 g/mol. The first-order chi connectivity index (χ1) is 9.74. The molecule has 0 aromatic carbocycles. The molecule has 1 fully saturated rings. The molecule has 0 spiro atoms. The molecule has 2 heterocycles. The molecule has 0 N–H and O–H groups in total. The van der Waals surface area contributed by atoms with E-state index in [1.165, 1.54) is 0 Å². The van der Waals surface area contributed by atoms with Gasteiger partial charge in [-0.3, -0.25) is 4.79 Å². The second-order valence-corrected chi connectivity index (χ2v) is 5.24. The first-order valence-electron chi connectivity index (χ1n) is 7.04. The van der Waals surface area contributed by atoms with Gasteiger partial charge < -0.3 is 4.52 Å². The molecule has 0 saturated heterocycles. The summed E-state index contributed by atoms with van der Waals surface area (Å²) in [5, 5.41) is 3.97. The number of pyridine rings is 1. The zero-order valence-corrected chi connectivity index (χ0v) is 11.5. The molecule has 2 aromatic heterocycles. The normalized spacial score (nSPS) is 19.9. The van der Waals surface area contributed by atoms with E-state index in [0.29, 0.717) is 23.8 Å². The van der Waals surface area contributed by atoms with E-state index in [4.69, 9.17) is 4.52 Å². The van der Waals surface area contributed by atoms with Crippen molar-refractivity contribution in [1.82, 2.24) is 15.1 Å². The maximum atomic E-state index is 12.1. The summed E-state index contributed by atoms with van der Waals surface area (Å²) in [7, 11) is 0. The van der Waals surface area contributed by atoms with E-state index in [9.17, 15) is 4.79 Å². The standard InChI is InChI=1S/C15H17N3O2/c1-10-6-5-8-12(16-10)14-17-15(20-18-14)11-7-3-2-4-9-13(11)19/h5-6,8,11H,2-4,7,9H2,1H3. The van der Waals surface area contributed by atoms with Crippen LogP contribution in [0.25, 0.3) is 11.5 Å². The molecule has 0 aliphatic heterocycles. The Bertz CT molecular complexity index is 621. The first-order valence-corrected chi connectivity index (χ1v) is 7.04. The topological polar surface area (TPSA) is 68.9 Å². The van der Waals surface area contributed by atoms with Crippen LogP contribution in [0.1, 0.15) is 49.6 Å². The monoisotopic (exact) mass is 271 g/mol. The number of Topliss-reactive ketones (excluding diaryl/α,β-unsaturated/α-hetero) is 1. The molecule has 20 heavy (non-hydrogen) atoms. The third-order valence-electron chi connectivity index (χ3n) is 3.66. The Morgan fingerprint density at radius 1 is 1.20 bits per heavy atom. The first kappa shape index (κ1) is 13.0. The minimum Gasteiger partial charge on any atom is -0.338 e. The number of hydrogen-bond donors (Lipinski definition) is 0. The third-order valence-corrected chi connectivity index (χ3v) is 3.66. The minimum atomic E-state index is -0.233. The van der Waals surface area contributed by atoms with Crippen LogP contribution in [-0.2, 0) is 4.79 Å². The molecule has 1 aliphatic carbocycles. The van der Waals surface area contributed by atoms with Crippen LogP contribution in [0, 0.1) is 6.92 Å². The lowest BCUT2D eigenvalue weighted by Gasteiger charge is -2.06. The summed E-state index contributed by atoms with van der Waals surface area (Å²) < 4.78 is 5.30. The zero-order valence-electron chi connectivity index (χ0n) is 11.5. The van der Waals surface area contributed by atoms with Crippen molar-refractivity contribution in [2.75, 3.05) is 0 Å². The van der Waals surface area contributed by atoms with Crippen LogP contribution in [0.15, 0.2) is 22.7 Å². The van der Waals surface area contributed by atoms with E-state index in [-0.39, 0.29) is 11.7 Å². The summed E-state index contributed by atoms with van der Waals surface area (Å²) >= 11 is 0. The summed E-state index contributed by atoms with van der Waals surface area (Å²) in [6.07, 6.45) is 4.53. The number of aryl methyl sites for hydroxylation is 1. The van der Waals surface area contributed by atoms with Crippen LogP contribution < -0.4 is 0 Å². The highest BCUT2D eigenvalue weighted by molar-refractivity contribution is 5.85. The molecule has 1 unspecified atom stereocenters. The molecule has 0 bridgehead atoms. The van der Waals surface area contributed by atoms with E-state index >= 15 is 0 Å². The Labute approximate surface area is 117 Å². The van der Waals surface area contributed by atoms with Crippen LogP contribution in [0.2, 0.25) is 0 Å². The van der Waals surface area contributed by atoms with Crippen LogP contribution in [-0.4, -0.2) is 20.9 Å². The largest absolute Gasteiger partial charge is 0.338 e. The fraction of sp³-hybridized carbons (Fsp3) is 0.467. The van der Waals surface area contributed by atoms with Crippen molar-refractivity contribution in [3.05, 3.63) is 29.8 Å². The summed E-state index contributed by atoms with van der Waals surface area (Å²) in [5.41, 5.74) is 1.58. The van der Waals surface area contributed by atoms with Crippen molar-refractivity contribution >= 4 is 5.78 Å². The van der Waals surface area contributed by atoms with Crippen LogP contribution in [0.4, 0.5) is 0 Å². The van der Waals surface area contributed by atoms with E-state index in [1.54, 1.807) is 0 Å². The number of hydrogen-bond acceptors (Lipinski definition) is 5. The van der Waals surface area contributed by atoms with Gasteiger partial charge in [0.1, 0.15) is 11.5 Å². The summed E-state index contributed by atoms with van der Waals surface area (Å²) in [6, 6.07) is 5.67. The molecule has 1 saturated carbocycles. The lowest BCUT2D eigenvalue weighted by Crippen LogP contribution is -2.10. The van der Waals surface area contributed by atoms with Crippen molar-refractivity contribution in [2.45, 2.75) is 44.9 Å². The van der Waals surface area contributed by atoms with E-state index in [0.717, 1.165) is 31.4 Å². The Morgan fingerprint density at radius 3 is 2.95 bits per heavy atom. The van der Waals surface area contributed by atoms with E-state index in [2.05, 4.69) is 15.1 Å². The van der Waals surface area contributed by atoms with Crippen LogP contribution >= 0.6 is 0 Å². The Hall–Kier alpha value is -2.04. The molecule has 104 valence electrons. The second-order valence-electron chi connectivity index (χ2n) is 5.24. The van der Waals surface area contributed by atoms with E-state index in [1.807, 2.05) is 25.1 Å². The Kier molecular flexibility index (Phi) is 3.58. The zero-order chi connectivity index (χ0) is 13.9. The van der Waals surface area contributed by atoms with Gasteiger partial charge in [0.05, 0.1) is 5.92 Å². The Balaban J connectivity index is 1.87. The van der Waals surface area contributed by atoms with Gasteiger partial charge in [-0.25, -0.2) is 4.98 Å². The number of carbonyl (C=O) groups excluding carboxylic acids is 1. The molecule has 5 heteroatoms. The van der Waals surface area contributed by atoms with Gasteiger partial charge in [0, 0.05) is 12.1 Å². The molecule has 0 amide bonds. The molecule has 1 aliphatic rings. The summed E-state index contributed by atoms with van der Waals surface area (Å²) in [4.78, 5) is 20.8. The fourth-order valence-corrected chi connectivity index (χ4v) is 2.57. The number of nitrogens with zero attached hydrogens (tertiary/aromatic N) is 3. The lowest BCUT2D eigenvalue weighted by molar-refractivity contribution is -0.120. The number of carbonyl (C=O) groups is 1. The molecule has 3 rings (SSSR count). The fourth-order valence-electron chi connectivity index (χ4n) is 2.57. The Morgan fingerprint density at radius 2 is 2.10 bits per heavy atom. The predicted molar refractivity (Wildman–Crippen MR) is 73.1 cm³/mol. The summed E-state index contributed by atoms with van der Waals surface area (Å²) in [5.74, 6) is 0.884. The highest BCUT2D eigenvalue weighted by Crippen LogP contribution is 2.29. The van der Waals surface area contributed by atoms with Crippen molar-refractivity contribution in [3.8, 4) is 11.5 Å². The third kappa shape index (κ3) is 2.61. The van der Waals surface area contributed by atoms with Gasteiger partial charge in [0.2, 0.25) is 11.7 Å². The van der Waals surface area contributed by atoms with Crippen LogP contribution in [0.3, 0.4) is 0 Å². The average Bonchev–Trinajstić information content (AvgIpc) is 2.82. The van der Waals surface area contributed by atoms with Crippen LogP contribution in [0.5, 0.6) is 0 Å². The maximum absolute atomic E-state index is 12.1. The molecular weight excluding hydrogens is 254 g/mol. The van der Waals surface area contributed by atoms with Crippen molar-refractivity contribution in [3.63, 3.8) is 0 Å². The van der Waals surface area contributed by atoms with Gasteiger partial charge in [-0.1, -0.05) is 24.1 Å². The minimum absolute atomic E-state index is 0.218. The van der Waals surface area contributed by atoms with Gasteiger partial charge in [0.25, 0.3) is 0 Å². The van der Waals surface area contributed by atoms with Gasteiger partial charge >= 0.3 is 0 Å². The SMILES string of the molecule is Cc1cccc(-c2noc(C3CCCCCC3=O)n2)n1. The van der Waals surface area contributed by atoms with Gasteiger partial charge in [0.15, 0.2) is 0 Å². The van der Waals surface area contributed by atoms with Gasteiger partial charge in [-0.15, -0.1) is 0 Å². The quantitative estimate of drug-likeness (QED) is 0.785. The second kappa shape index (κ2) is 5.53. The van der Waals surface area contributed by atoms with Gasteiger partial charge in [-0.05, 0) is 31.9 Å². The van der Waals surface area contributed by atoms with Crippen molar-refractivity contribution < 1.29 is 9.32 Å². The smallest absolute Gasteiger partial charge is 0.237 e. The number of ketones is 1. The summed E-state index contributed by atoms with van der Waals surface area (Å²) in [6.45, 7) is 1.92. The predicted octanol–water partition coefficient (Wildman–Crippen LogP) is 3.06. The number of aromatic nitrogens is 3. The molecule has 0 radical (unpaired) electrons. The highest BCUT2D eigenvalue weighted by Gasteiger charge is 2.28. The molecule has 5 nitrogen and oxygen atoms in total. The van der Waals surface area contributed by atoms with Gasteiger partial charge in [-0.2, -0.15) is 4.98 Å². The van der Waals surface area contributed by atoms with E-state index < -0.39 is 0 Å². The molecule has 2 aromatic rings. The molecular formula is C15H17N3O2.